The third-order valence-electron chi connectivity index (χ3n) is 2.98. The Balaban J connectivity index is 2.13. The molecule has 3 heteroatoms. The van der Waals surface area contributed by atoms with Crippen molar-refractivity contribution >= 4 is 11.6 Å². The Morgan fingerprint density at radius 1 is 1.17 bits per heavy atom. The van der Waals surface area contributed by atoms with Crippen LogP contribution in [0.2, 0.25) is 5.02 Å². The van der Waals surface area contributed by atoms with Crippen LogP contribution < -0.4 is 5.32 Å². The molecule has 0 heterocycles. The van der Waals surface area contributed by atoms with Gasteiger partial charge in [-0.1, -0.05) is 50.4 Å². The maximum absolute atomic E-state index is 9.95. The van der Waals surface area contributed by atoms with Gasteiger partial charge in [-0.2, -0.15) is 0 Å². The fourth-order valence-electron chi connectivity index (χ4n) is 1.84. The van der Waals surface area contributed by atoms with E-state index in [9.17, 15) is 5.11 Å². The van der Waals surface area contributed by atoms with Gasteiger partial charge >= 0.3 is 0 Å². The Hall–Kier alpha value is -0.570. The number of aliphatic hydroxyl groups is 1. The first-order chi connectivity index (χ1) is 8.59. The van der Waals surface area contributed by atoms with Crippen LogP contribution >= 0.6 is 11.6 Å². The van der Waals surface area contributed by atoms with Crippen molar-refractivity contribution in [1.29, 1.82) is 0 Å². The number of aliphatic hydroxyl groups excluding tert-OH is 1. The van der Waals surface area contributed by atoms with Crippen LogP contribution in [0.25, 0.3) is 0 Å². The molecule has 0 fully saturated rings. The summed E-state index contributed by atoms with van der Waals surface area (Å²) in [6.07, 6.45) is 3.25. The minimum absolute atomic E-state index is 0.452. The zero-order valence-corrected chi connectivity index (χ0v) is 12.1. The molecule has 0 bridgehead atoms. The SMILES string of the molecule is CC(C)CCCCNCC(O)c1ccc(Cl)cc1. The van der Waals surface area contributed by atoms with Gasteiger partial charge < -0.3 is 10.4 Å². The highest BCUT2D eigenvalue weighted by Gasteiger charge is 2.06. The van der Waals surface area contributed by atoms with Crippen LogP contribution in [0.3, 0.4) is 0 Å². The number of unbranched alkanes of at least 4 members (excludes halogenated alkanes) is 1. The summed E-state index contributed by atoms with van der Waals surface area (Å²) in [6.45, 7) is 6.07. The molecular formula is C15H24ClNO. The zero-order chi connectivity index (χ0) is 13.4. The molecule has 0 spiro atoms. The van der Waals surface area contributed by atoms with Crippen molar-refractivity contribution in [3.8, 4) is 0 Å². The van der Waals surface area contributed by atoms with Crippen molar-refractivity contribution < 1.29 is 5.11 Å². The smallest absolute Gasteiger partial charge is 0.0914 e. The Kier molecular flexibility index (Phi) is 7.33. The van der Waals surface area contributed by atoms with Crippen LogP contribution in [0.4, 0.5) is 0 Å². The predicted molar refractivity (Wildman–Crippen MR) is 78.0 cm³/mol. The quantitative estimate of drug-likeness (QED) is 0.704. The van der Waals surface area contributed by atoms with Crippen LogP contribution in [0.5, 0.6) is 0 Å². The van der Waals surface area contributed by atoms with Crippen molar-refractivity contribution in [2.75, 3.05) is 13.1 Å². The molecule has 0 aliphatic carbocycles. The molecule has 0 amide bonds. The van der Waals surface area contributed by atoms with E-state index in [0.29, 0.717) is 11.6 Å². The summed E-state index contributed by atoms with van der Waals surface area (Å²) in [7, 11) is 0. The van der Waals surface area contributed by atoms with Crippen molar-refractivity contribution in [3.05, 3.63) is 34.9 Å². The van der Waals surface area contributed by atoms with E-state index >= 15 is 0 Å². The highest BCUT2D eigenvalue weighted by atomic mass is 35.5. The number of rotatable bonds is 8. The predicted octanol–water partition coefficient (Wildman–Crippen LogP) is 3.79. The molecule has 2 nitrogen and oxygen atoms in total. The van der Waals surface area contributed by atoms with Gasteiger partial charge in [-0.15, -0.1) is 0 Å². The second kappa shape index (κ2) is 8.52. The van der Waals surface area contributed by atoms with Crippen molar-refractivity contribution in [3.63, 3.8) is 0 Å². The van der Waals surface area contributed by atoms with Crippen molar-refractivity contribution in [1.82, 2.24) is 5.32 Å². The lowest BCUT2D eigenvalue weighted by molar-refractivity contribution is 0.174. The normalized spacial score (nSPS) is 12.9. The molecule has 0 aliphatic heterocycles. The van der Waals surface area contributed by atoms with E-state index in [1.807, 2.05) is 24.3 Å². The monoisotopic (exact) mass is 269 g/mol. The third-order valence-corrected chi connectivity index (χ3v) is 3.23. The molecular weight excluding hydrogens is 246 g/mol. The molecule has 2 N–H and O–H groups in total. The van der Waals surface area contributed by atoms with Crippen LogP contribution in [0.15, 0.2) is 24.3 Å². The Bertz CT molecular complexity index is 324. The van der Waals surface area contributed by atoms with E-state index < -0.39 is 6.10 Å². The molecule has 18 heavy (non-hydrogen) atoms. The summed E-state index contributed by atoms with van der Waals surface area (Å²) in [4.78, 5) is 0. The van der Waals surface area contributed by atoms with E-state index in [2.05, 4.69) is 19.2 Å². The minimum Gasteiger partial charge on any atom is -0.387 e. The van der Waals surface area contributed by atoms with Gasteiger partial charge in [0.2, 0.25) is 0 Å². The third kappa shape index (κ3) is 6.39. The lowest BCUT2D eigenvalue weighted by Crippen LogP contribution is -2.22. The minimum atomic E-state index is -0.452. The van der Waals surface area contributed by atoms with Crippen LogP contribution in [0, 0.1) is 5.92 Å². The fraction of sp³-hybridized carbons (Fsp3) is 0.600. The zero-order valence-electron chi connectivity index (χ0n) is 11.3. The summed E-state index contributed by atoms with van der Waals surface area (Å²) in [5.74, 6) is 0.782. The number of hydrogen-bond acceptors (Lipinski definition) is 2. The molecule has 1 atom stereocenters. The van der Waals surface area contributed by atoms with Crippen LogP contribution in [-0.4, -0.2) is 18.2 Å². The molecule has 1 aromatic rings. The summed E-state index contributed by atoms with van der Waals surface area (Å²) < 4.78 is 0. The highest BCUT2D eigenvalue weighted by Crippen LogP contribution is 2.15. The van der Waals surface area contributed by atoms with Gasteiger partial charge in [0.25, 0.3) is 0 Å². The van der Waals surface area contributed by atoms with E-state index in [-0.39, 0.29) is 0 Å². The summed E-state index contributed by atoms with van der Waals surface area (Å²) >= 11 is 5.81. The largest absolute Gasteiger partial charge is 0.387 e. The molecule has 1 aromatic carbocycles. The lowest BCUT2D eigenvalue weighted by Gasteiger charge is -2.12. The maximum Gasteiger partial charge on any atom is 0.0914 e. The van der Waals surface area contributed by atoms with E-state index in [1.54, 1.807) is 0 Å². The van der Waals surface area contributed by atoms with E-state index in [1.165, 1.54) is 19.3 Å². The van der Waals surface area contributed by atoms with Crippen LogP contribution in [0.1, 0.15) is 44.8 Å². The first-order valence-electron chi connectivity index (χ1n) is 6.74. The van der Waals surface area contributed by atoms with Crippen molar-refractivity contribution in [2.24, 2.45) is 5.92 Å². The van der Waals surface area contributed by atoms with Gasteiger partial charge in [0.1, 0.15) is 0 Å². The molecule has 0 saturated carbocycles. The second-order valence-electron chi connectivity index (χ2n) is 5.16. The van der Waals surface area contributed by atoms with Gasteiger partial charge in [-0.05, 0) is 36.6 Å². The van der Waals surface area contributed by atoms with E-state index in [0.717, 1.165) is 18.0 Å². The first kappa shape index (κ1) is 15.5. The molecule has 1 rings (SSSR count). The second-order valence-corrected chi connectivity index (χ2v) is 5.60. The van der Waals surface area contributed by atoms with Gasteiger partial charge in [0.05, 0.1) is 6.10 Å². The number of nitrogens with one attached hydrogen (secondary N) is 1. The molecule has 0 radical (unpaired) electrons. The average molecular weight is 270 g/mol. The van der Waals surface area contributed by atoms with Gasteiger partial charge in [-0.25, -0.2) is 0 Å². The molecule has 0 aromatic heterocycles. The summed E-state index contributed by atoms with van der Waals surface area (Å²) in [6, 6.07) is 7.35. The topological polar surface area (TPSA) is 32.3 Å². The molecule has 0 aliphatic rings. The van der Waals surface area contributed by atoms with Gasteiger partial charge in [0.15, 0.2) is 0 Å². The van der Waals surface area contributed by atoms with Crippen LogP contribution in [-0.2, 0) is 0 Å². The molecule has 0 saturated heterocycles. The highest BCUT2D eigenvalue weighted by molar-refractivity contribution is 6.30. The Morgan fingerprint density at radius 2 is 1.83 bits per heavy atom. The van der Waals surface area contributed by atoms with Gasteiger partial charge in [-0.3, -0.25) is 0 Å². The number of benzene rings is 1. The van der Waals surface area contributed by atoms with Gasteiger partial charge in [0, 0.05) is 11.6 Å². The fourth-order valence-corrected chi connectivity index (χ4v) is 1.97. The Labute approximate surface area is 115 Å². The first-order valence-corrected chi connectivity index (χ1v) is 7.11. The Morgan fingerprint density at radius 3 is 2.44 bits per heavy atom. The van der Waals surface area contributed by atoms with Crippen molar-refractivity contribution in [2.45, 2.75) is 39.2 Å². The number of hydrogen-bond donors (Lipinski definition) is 2. The number of halogens is 1. The van der Waals surface area contributed by atoms with E-state index in [4.69, 9.17) is 11.6 Å². The standard InChI is InChI=1S/C15H24ClNO/c1-12(2)5-3-4-10-17-11-15(18)13-6-8-14(16)9-7-13/h6-9,12,15,17-18H,3-5,10-11H2,1-2H3. The molecule has 102 valence electrons. The summed E-state index contributed by atoms with van der Waals surface area (Å²) in [5, 5.41) is 13.9. The molecule has 1 unspecified atom stereocenters. The maximum atomic E-state index is 9.95. The average Bonchev–Trinajstić information content (AvgIpc) is 2.34. The summed E-state index contributed by atoms with van der Waals surface area (Å²) in [5.41, 5.74) is 0.911. The lowest BCUT2D eigenvalue weighted by atomic mass is 10.1.